The number of anilines is 1. The van der Waals surface area contributed by atoms with Gasteiger partial charge in [-0.2, -0.15) is 0 Å². The second-order valence-electron chi connectivity index (χ2n) is 7.18. The van der Waals surface area contributed by atoms with E-state index in [1.165, 1.54) is 23.4 Å². The second-order valence-corrected chi connectivity index (χ2v) is 7.18. The van der Waals surface area contributed by atoms with Crippen LogP contribution in [0.15, 0.2) is 48.5 Å². The number of aliphatic hydroxyl groups is 1. The van der Waals surface area contributed by atoms with Crippen LogP contribution in [0.1, 0.15) is 28.8 Å². The molecular weight excluding hydrogens is 342 g/mol. The van der Waals surface area contributed by atoms with E-state index >= 15 is 0 Å². The average molecular weight is 369 g/mol. The molecule has 1 fully saturated rings. The van der Waals surface area contributed by atoms with E-state index in [2.05, 4.69) is 53.8 Å². The van der Waals surface area contributed by atoms with Gasteiger partial charge >= 0.3 is 0 Å². The van der Waals surface area contributed by atoms with Crippen molar-refractivity contribution in [1.29, 1.82) is 0 Å². The van der Waals surface area contributed by atoms with E-state index in [1.807, 2.05) is 0 Å². The maximum absolute atomic E-state index is 12.1. The van der Waals surface area contributed by atoms with Gasteiger partial charge in [0.15, 0.2) is 0 Å². The van der Waals surface area contributed by atoms with Gasteiger partial charge in [0.05, 0.1) is 5.56 Å². The van der Waals surface area contributed by atoms with Gasteiger partial charge in [-0.05, 0) is 44.0 Å². The van der Waals surface area contributed by atoms with Gasteiger partial charge in [0.1, 0.15) is 12.0 Å². The summed E-state index contributed by atoms with van der Waals surface area (Å²) in [4.78, 5) is 14.3. The molecule has 6 nitrogen and oxygen atoms in total. The Morgan fingerprint density at radius 1 is 1.19 bits per heavy atom. The van der Waals surface area contributed by atoms with Crippen LogP contribution in [-0.4, -0.2) is 48.0 Å². The summed E-state index contributed by atoms with van der Waals surface area (Å²) >= 11 is 0. The summed E-state index contributed by atoms with van der Waals surface area (Å²) in [6.07, 6.45) is 0.973. The zero-order valence-electron chi connectivity index (χ0n) is 15.7. The fourth-order valence-electron chi connectivity index (χ4n) is 3.29. The number of rotatable bonds is 7. The van der Waals surface area contributed by atoms with E-state index in [0.29, 0.717) is 12.1 Å². The van der Waals surface area contributed by atoms with E-state index in [-0.39, 0.29) is 17.9 Å². The summed E-state index contributed by atoms with van der Waals surface area (Å²) in [5.41, 5.74) is 2.61. The van der Waals surface area contributed by atoms with Crippen LogP contribution in [0.4, 0.5) is 5.69 Å². The van der Waals surface area contributed by atoms with Crippen molar-refractivity contribution in [3.8, 4) is 5.75 Å². The molecule has 1 atom stereocenters. The molecule has 6 heteroatoms. The number of aryl methyl sites for hydroxylation is 1. The molecule has 144 valence electrons. The van der Waals surface area contributed by atoms with E-state index in [4.69, 9.17) is 0 Å². The van der Waals surface area contributed by atoms with Crippen LogP contribution in [-0.2, 0) is 0 Å². The van der Waals surface area contributed by atoms with E-state index in [0.717, 1.165) is 12.8 Å². The number of hydrogen-bond donors (Lipinski definition) is 4. The first kappa shape index (κ1) is 19.2. The Bertz CT molecular complexity index is 772. The van der Waals surface area contributed by atoms with Crippen LogP contribution in [0.3, 0.4) is 0 Å². The molecule has 3 rings (SSSR count). The molecule has 0 spiro atoms. The minimum atomic E-state index is -1.01. The fourth-order valence-corrected chi connectivity index (χ4v) is 3.29. The topological polar surface area (TPSA) is 84.8 Å². The Kier molecular flexibility index (Phi) is 5.98. The third-order valence-corrected chi connectivity index (χ3v) is 5.15. The van der Waals surface area contributed by atoms with Crippen molar-refractivity contribution in [1.82, 2.24) is 10.6 Å². The normalized spacial score (nSPS) is 19.8. The van der Waals surface area contributed by atoms with Crippen molar-refractivity contribution in [3.63, 3.8) is 0 Å². The van der Waals surface area contributed by atoms with Crippen molar-refractivity contribution in [3.05, 3.63) is 59.7 Å². The van der Waals surface area contributed by atoms with Crippen molar-refractivity contribution >= 4 is 11.6 Å². The average Bonchev–Trinajstić information content (AvgIpc) is 2.61. The predicted molar refractivity (Wildman–Crippen MR) is 106 cm³/mol. The molecule has 2 aromatic carbocycles. The Morgan fingerprint density at radius 2 is 1.85 bits per heavy atom. The van der Waals surface area contributed by atoms with Crippen molar-refractivity contribution in [2.45, 2.75) is 38.1 Å². The standard InChI is InChI=1S/C21H27N3O3/c1-14-7-9-16(10-8-14)24(2)17-11-15(12-17)22-13-20(26)23-21(27)18-5-3-4-6-19(18)25/h3-10,15,17,20,22,25-26H,11-13H2,1-2H3,(H,23,27). The zero-order valence-corrected chi connectivity index (χ0v) is 15.7. The van der Waals surface area contributed by atoms with Crippen LogP contribution in [0.5, 0.6) is 5.75 Å². The molecule has 0 aliphatic heterocycles. The number of carbonyl (C=O) groups excluding carboxylic acids is 1. The number of aliphatic hydroxyl groups excluding tert-OH is 1. The number of amides is 1. The molecule has 0 radical (unpaired) electrons. The summed E-state index contributed by atoms with van der Waals surface area (Å²) in [7, 11) is 2.10. The minimum absolute atomic E-state index is 0.101. The molecule has 0 bridgehead atoms. The van der Waals surface area contributed by atoms with Crippen LogP contribution >= 0.6 is 0 Å². The van der Waals surface area contributed by atoms with Gasteiger partial charge in [-0.25, -0.2) is 0 Å². The third kappa shape index (κ3) is 4.78. The first-order chi connectivity index (χ1) is 12.9. The van der Waals surface area contributed by atoms with Gasteiger partial charge in [-0.3, -0.25) is 4.79 Å². The van der Waals surface area contributed by atoms with Gasteiger partial charge in [0.25, 0.3) is 5.91 Å². The number of carbonyl (C=O) groups is 1. The van der Waals surface area contributed by atoms with E-state index < -0.39 is 12.1 Å². The zero-order chi connectivity index (χ0) is 19.4. The van der Waals surface area contributed by atoms with E-state index in [1.54, 1.807) is 12.1 Å². The molecule has 0 heterocycles. The SMILES string of the molecule is Cc1ccc(N(C)C2CC(NCC(O)NC(=O)c3ccccc3O)C2)cc1. The number of nitrogens with one attached hydrogen (secondary N) is 2. The smallest absolute Gasteiger partial charge is 0.257 e. The Labute approximate surface area is 159 Å². The molecular formula is C21H27N3O3. The van der Waals surface area contributed by atoms with Gasteiger partial charge in [0, 0.05) is 31.4 Å². The Hall–Kier alpha value is -2.57. The summed E-state index contributed by atoms with van der Waals surface area (Å²) < 4.78 is 0. The van der Waals surface area contributed by atoms with Crippen LogP contribution in [0, 0.1) is 6.92 Å². The van der Waals surface area contributed by atoms with E-state index in [9.17, 15) is 15.0 Å². The van der Waals surface area contributed by atoms with Crippen LogP contribution in [0.2, 0.25) is 0 Å². The summed E-state index contributed by atoms with van der Waals surface area (Å²) in [6, 6.07) is 15.6. The summed E-state index contributed by atoms with van der Waals surface area (Å²) in [6.45, 7) is 2.35. The van der Waals surface area contributed by atoms with Gasteiger partial charge in [0.2, 0.25) is 0 Å². The lowest BCUT2D eigenvalue weighted by molar-refractivity contribution is 0.0761. The lowest BCUT2D eigenvalue weighted by Crippen LogP contribution is -2.54. The highest BCUT2D eigenvalue weighted by molar-refractivity contribution is 5.96. The van der Waals surface area contributed by atoms with Gasteiger partial charge in [-0.1, -0.05) is 29.8 Å². The lowest BCUT2D eigenvalue weighted by Gasteiger charge is -2.43. The maximum atomic E-state index is 12.1. The monoisotopic (exact) mass is 369 g/mol. The largest absolute Gasteiger partial charge is 0.507 e. The first-order valence-electron chi connectivity index (χ1n) is 9.24. The molecule has 1 amide bonds. The highest BCUT2D eigenvalue weighted by Crippen LogP contribution is 2.29. The highest BCUT2D eigenvalue weighted by atomic mass is 16.3. The molecule has 4 N–H and O–H groups in total. The minimum Gasteiger partial charge on any atom is -0.507 e. The molecule has 1 aliphatic carbocycles. The molecule has 27 heavy (non-hydrogen) atoms. The quantitative estimate of drug-likeness (QED) is 0.561. The van der Waals surface area contributed by atoms with Crippen molar-refractivity contribution in [2.24, 2.45) is 0 Å². The van der Waals surface area contributed by atoms with Gasteiger partial charge < -0.3 is 25.7 Å². The molecule has 0 saturated heterocycles. The summed E-state index contributed by atoms with van der Waals surface area (Å²) in [5.74, 6) is -0.593. The van der Waals surface area contributed by atoms with Gasteiger partial charge in [-0.15, -0.1) is 0 Å². The lowest BCUT2D eigenvalue weighted by atomic mass is 9.85. The van der Waals surface area contributed by atoms with Crippen LogP contribution in [0.25, 0.3) is 0 Å². The second kappa shape index (κ2) is 8.41. The molecule has 2 aromatic rings. The third-order valence-electron chi connectivity index (χ3n) is 5.15. The fraction of sp³-hybridized carbons (Fsp3) is 0.381. The predicted octanol–water partition coefficient (Wildman–Crippen LogP) is 2.01. The number of nitrogens with zero attached hydrogens (tertiary/aromatic N) is 1. The van der Waals surface area contributed by atoms with Crippen molar-refractivity contribution in [2.75, 3.05) is 18.5 Å². The molecule has 0 aromatic heterocycles. The number of phenolic OH excluding ortho intramolecular Hbond substituents is 1. The number of phenols is 1. The Balaban J connectivity index is 1.40. The molecule has 1 aliphatic rings. The molecule has 1 saturated carbocycles. The molecule has 1 unspecified atom stereocenters. The number of para-hydroxylation sites is 1. The number of aromatic hydroxyl groups is 1. The number of benzene rings is 2. The summed E-state index contributed by atoms with van der Waals surface area (Å²) in [5, 5.41) is 25.5. The van der Waals surface area contributed by atoms with Crippen molar-refractivity contribution < 1.29 is 15.0 Å². The first-order valence-corrected chi connectivity index (χ1v) is 9.24. The highest BCUT2D eigenvalue weighted by Gasteiger charge is 2.32. The van der Waals surface area contributed by atoms with Crippen LogP contribution < -0.4 is 15.5 Å². The maximum Gasteiger partial charge on any atom is 0.257 e. The number of hydrogen-bond acceptors (Lipinski definition) is 5. The Morgan fingerprint density at radius 3 is 2.52 bits per heavy atom.